The largest absolute Gasteiger partial charge is 0.366 e. The molecule has 0 atom stereocenters. The molecule has 0 amide bonds. The molecule has 0 bridgehead atoms. The monoisotopic (exact) mass is 322 g/mol. The number of halogens is 1. The zero-order valence-electron chi connectivity index (χ0n) is 9.26. The highest BCUT2D eigenvalue weighted by molar-refractivity contribution is 9.10. The molecule has 0 saturated heterocycles. The Hall–Kier alpha value is -0.240. The summed E-state index contributed by atoms with van der Waals surface area (Å²) < 4.78 is 5.38. The molecular formula is C9H15BrN4S2. The smallest absolute Gasteiger partial charge is 0.166 e. The van der Waals surface area contributed by atoms with Crippen LogP contribution in [0.1, 0.15) is 10.6 Å². The summed E-state index contributed by atoms with van der Waals surface area (Å²) in [5.74, 6) is 0. The Balaban J connectivity index is 2.16. The zero-order valence-corrected chi connectivity index (χ0v) is 12.5. The third-order valence-electron chi connectivity index (χ3n) is 1.96. The van der Waals surface area contributed by atoms with E-state index >= 15 is 0 Å². The van der Waals surface area contributed by atoms with Gasteiger partial charge in [-0.1, -0.05) is 0 Å². The van der Waals surface area contributed by atoms with E-state index in [0.29, 0.717) is 5.11 Å². The fourth-order valence-corrected chi connectivity index (χ4v) is 2.47. The number of hydrogen-bond acceptors (Lipinski definition) is 4. The van der Waals surface area contributed by atoms with Gasteiger partial charge >= 0.3 is 0 Å². The van der Waals surface area contributed by atoms with Crippen molar-refractivity contribution in [1.82, 2.24) is 20.3 Å². The van der Waals surface area contributed by atoms with Crippen molar-refractivity contribution in [2.45, 2.75) is 13.5 Å². The number of nitrogens with zero attached hydrogens (tertiary/aromatic N) is 1. The first kappa shape index (κ1) is 13.8. The quantitative estimate of drug-likeness (QED) is 0.565. The predicted octanol–water partition coefficient (Wildman–Crippen LogP) is 1.40. The summed E-state index contributed by atoms with van der Waals surface area (Å²) in [6.45, 7) is 4.51. The lowest BCUT2D eigenvalue weighted by molar-refractivity contribution is 0.674. The second-order valence-electron chi connectivity index (χ2n) is 3.19. The van der Waals surface area contributed by atoms with E-state index in [0.717, 1.165) is 29.8 Å². The molecule has 1 aromatic heterocycles. The van der Waals surface area contributed by atoms with Gasteiger partial charge in [0.15, 0.2) is 5.11 Å². The molecule has 0 fully saturated rings. The van der Waals surface area contributed by atoms with Crippen LogP contribution in [0.2, 0.25) is 0 Å². The summed E-state index contributed by atoms with van der Waals surface area (Å²) in [6.07, 6.45) is 0. The van der Waals surface area contributed by atoms with Gasteiger partial charge in [-0.3, -0.25) is 0 Å². The average Bonchev–Trinajstić information content (AvgIpc) is 2.60. The van der Waals surface area contributed by atoms with Crippen LogP contribution < -0.4 is 16.0 Å². The minimum absolute atomic E-state index is 0.677. The summed E-state index contributed by atoms with van der Waals surface area (Å²) in [5.41, 5.74) is 1.05. The van der Waals surface area contributed by atoms with E-state index in [1.807, 2.05) is 6.92 Å². The Kier molecular flexibility index (Phi) is 6.18. The third kappa shape index (κ3) is 4.32. The van der Waals surface area contributed by atoms with Gasteiger partial charge in [0.2, 0.25) is 0 Å². The fourth-order valence-electron chi connectivity index (χ4n) is 1.07. The SMILES string of the molecule is CNC(=S)NCCNCc1snc(C)c1Br. The standard InChI is InChI=1S/C9H15BrN4S2/c1-6-8(10)7(16-14-6)5-12-3-4-13-9(15)11-2/h12H,3-5H2,1-2H3,(H2,11,13,15). The lowest BCUT2D eigenvalue weighted by Gasteiger charge is -2.07. The van der Waals surface area contributed by atoms with Gasteiger partial charge in [0.1, 0.15) is 0 Å². The van der Waals surface area contributed by atoms with Crippen LogP contribution in [0.3, 0.4) is 0 Å². The van der Waals surface area contributed by atoms with Crippen LogP contribution in [0.25, 0.3) is 0 Å². The fraction of sp³-hybridized carbons (Fsp3) is 0.556. The first-order valence-corrected chi connectivity index (χ1v) is 6.89. The van der Waals surface area contributed by atoms with Crippen LogP contribution in [0.4, 0.5) is 0 Å². The molecule has 7 heteroatoms. The Morgan fingerprint density at radius 2 is 2.25 bits per heavy atom. The number of thiocarbonyl (C=S) groups is 1. The molecule has 0 aliphatic carbocycles. The molecule has 0 aromatic carbocycles. The van der Waals surface area contributed by atoms with Crippen molar-refractivity contribution >= 4 is 44.8 Å². The Bertz CT molecular complexity index is 353. The van der Waals surface area contributed by atoms with Crippen LogP contribution in [0, 0.1) is 6.92 Å². The van der Waals surface area contributed by atoms with E-state index in [2.05, 4.69) is 36.3 Å². The maximum Gasteiger partial charge on any atom is 0.166 e. The van der Waals surface area contributed by atoms with Crippen molar-refractivity contribution in [2.24, 2.45) is 0 Å². The first-order valence-electron chi connectivity index (χ1n) is 4.92. The lowest BCUT2D eigenvalue weighted by Crippen LogP contribution is -2.36. The Morgan fingerprint density at radius 3 is 2.81 bits per heavy atom. The van der Waals surface area contributed by atoms with Crippen molar-refractivity contribution in [3.63, 3.8) is 0 Å². The predicted molar refractivity (Wildman–Crippen MR) is 75.9 cm³/mol. The van der Waals surface area contributed by atoms with Gasteiger partial charge < -0.3 is 16.0 Å². The molecule has 3 N–H and O–H groups in total. The van der Waals surface area contributed by atoms with Crippen LogP contribution >= 0.6 is 39.7 Å². The second kappa shape index (κ2) is 7.16. The molecule has 90 valence electrons. The Labute approximate surface area is 113 Å². The van der Waals surface area contributed by atoms with Crippen molar-refractivity contribution in [2.75, 3.05) is 20.1 Å². The number of nitrogens with one attached hydrogen (secondary N) is 3. The summed E-state index contributed by atoms with van der Waals surface area (Å²) in [4.78, 5) is 1.23. The van der Waals surface area contributed by atoms with Gasteiger partial charge in [0, 0.05) is 26.7 Å². The van der Waals surface area contributed by atoms with E-state index in [9.17, 15) is 0 Å². The number of aryl methyl sites for hydroxylation is 1. The van der Waals surface area contributed by atoms with E-state index in [1.165, 1.54) is 16.4 Å². The summed E-state index contributed by atoms with van der Waals surface area (Å²) in [5, 5.41) is 9.94. The lowest BCUT2D eigenvalue weighted by atomic mass is 10.4. The van der Waals surface area contributed by atoms with Gasteiger partial charge in [-0.05, 0) is 46.6 Å². The van der Waals surface area contributed by atoms with Gasteiger partial charge in [-0.25, -0.2) is 0 Å². The van der Waals surface area contributed by atoms with Crippen LogP contribution in [0.5, 0.6) is 0 Å². The molecule has 1 rings (SSSR count). The minimum Gasteiger partial charge on any atom is -0.366 e. The van der Waals surface area contributed by atoms with Crippen molar-refractivity contribution < 1.29 is 0 Å². The maximum atomic E-state index is 4.96. The third-order valence-corrected chi connectivity index (χ3v) is 4.55. The molecular weight excluding hydrogens is 308 g/mol. The summed E-state index contributed by atoms with van der Waals surface area (Å²) in [6, 6.07) is 0. The minimum atomic E-state index is 0.677. The van der Waals surface area contributed by atoms with E-state index in [4.69, 9.17) is 12.2 Å². The van der Waals surface area contributed by atoms with Crippen LogP contribution in [-0.2, 0) is 6.54 Å². The maximum absolute atomic E-state index is 4.96. The number of aromatic nitrogens is 1. The summed E-state index contributed by atoms with van der Waals surface area (Å²) >= 11 is 10.00. The second-order valence-corrected chi connectivity index (χ2v) is 5.25. The highest BCUT2D eigenvalue weighted by Crippen LogP contribution is 2.23. The normalized spacial score (nSPS) is 10.2. The first-order chi connectivity index (χ1) is 7.65. The number of hydrogen-bond donors (Lipinski definition) is 3. The highest BCUT2D eigenvalue weighted by Gasteiger charge is 2.06. The molecule has 0 aliphatic rings. The molecule has 16 heavy (non-hydrogen) atoms. The molecule has 0 saturated carbocycles. The molecule has 1 heterocycles. The highest BCUT2D eigenvalue weighted by atomic mass is 79.9. The van der Waals surface area contributed by atoms with Gasteiger partial charge in [-0.2, -0.15) is 4.37 Å². The molecule has 4 nitrogen and oxygen atoms in total. The van der Waals surface area contributed by atoms with Gasteiger partial charge in [-0.15, -0.1) is 0 Å². The topological polar surface area (TPSA) is 49.0 Å². The molecule has 1 aromatic rings. The van der Waals surface area contributed by atoms with Crippen LogP contribution in [-0.4, -0.2) is 29.6 Å². The zero-order chi connectivity index (χ0) is 12.0. The van der Waals surface area contributed by atoms with Crippen molar-refractivity contribution in [3.8, 4) is 0 Å². The van der Waals surface area contributed by atoms with Crippen molar-refractivity contribution in [3.05, 3.63) is 15.0 Å². The Morgan fingerprint density at radius 1 is 1.50 bits per heavy atom. The average molecular weight is 323 g/mol. The summed E-state index contributed by atoms with van der Waals surface area (Å²) in [7, 11) is 1.81. The molecule has 0 aliphatic heterocycles. The molecule has 0 spiro atoms. The molecule has 0 unspecified atom stereocenters. The number of rotatable bonds is 5. The van der Waals surface area contributed by atoms with Gasteiger partial charge in [0.25, 0.3) is 0 Å². The van der Waals surface area contributed by atoms with Gasteiger partial charge in [0.05, 0.1) is 15.0 Å². The van der Waals surface area contributed by atoms with Crippen molar-refractivity contribution in [1.29, 1.82) is 0 Å². The molecule has 0 radical (unpaired) electrons. The van der Waals surface area contributed by atoms with E-state index in [1.54, 1.807) is 7.05 Å². The van der Waals surface area contributed by atoms with E-state index < -0.39 is 0 Å². The van der Waals surface area contributed by atoms with Crippen LogP contribution in [0.15, 0.2) is 4.47 Å². The van der Waals surface area contributed by atoms with E-state index in [-0.39, 0.29) is 0 Å².